The molecule has 14 heavy (non-hydrogen) atoms. The summed E-state index contributed by atoms with van der Waals surface area (Å²) in [6.07, 6.45) is 1.59. The first kappa shape index (κ1) is 9.49. The van der Waals surface area contributed by atoms with Crippen LogP contribution in [-0.2, 0) is 0 Å². The van der Waals surface area contributed by atoms with E-state index in [-0.39, 0.29) is 6.04 Å². The summed E-state index contributed by atoms with van der Waals surface area (Å²) in [5.41, 5.74) is 6.21. The minimum atomic E-state index is -0.674. The third-order valence-corrected chi connectivity index (χ3v) is 2.79. The fourth-order valence-electron chi connectivity index (χ4n) is 1.58. The lowest BCUT2D eigenvalue weighted by Gasteiger charge is -2.18. The number of rotatable bonds is 3. The van der Waals surface area contributed by atoms with E-state index in [1.54, 1.807) is 7.11 Å². The third-order valence-electron chi connectivity index (χ3n) is 2.79. The first-order chi connectivity index (χ1) is 6.65. The van der Waals surface area contributed by atoms with Crippen LogP contribution in [0.1, 0.15) is 24.4 Å². The van der Waals surface area contributed by atoms with E-state index in [2.05, 4.69) is 0 Å². The summed E-state index contributed by atoms with van der Waals surface area (Å²) < 4.78 is 5.10. The molecule has 1 aromatic carbocycles. The number of hydrogen-bond acceptors (Lipinski definition) is 3. The zero-order valence-electron chi connectivity index (χ0n) is 8.23. The van der Waals surface area contributed by atoms with E-state index in [1.165, 1.54) is 0 Å². The van der Waals surface area contributed by atoms with Crippen molar-refractivity contribution in [2.45, 2.75) is 24.5 Å². The predicted octanol–water partition coefficient (Wildman–Crippen LogP) is 1.22. The summed E-state index contributed by atoms with van der Waals surface area (Å²) in [4.78, 5) is 0. The van der Waals surface area contributed by atoms with Gasteiger partial charge in [0.2, 0.25) is 0 Å². The van der Waals surface area contributed by atoms with E-state index in [4.69, 9.17) is 10.5 Å². The molecule has 3 heteroatoms. The van der Waals surface area contributed by atoms with Gasteiger partial charge in [-0.1, -0.05) is 12.1 Å². The summed E-state index contributed by atoms with van der Waals surface area (Å²) in [5, 5.41) is 9.85. The fourth-order valence-corrected chi connectivity index (χ4v) is 1.58. The molecule has 1 aliphatic carbocycles. The highest BCUT2D eigenvalue weighted by molar-refractivity contribution is 5.33. The molecule has 1 aromatic rings. The van der Waals surface area contributed by atoms with E-state index in [0.29, 0.717) is 0 Å². The molecule has 1 fully saturated rings. The van der Waals surface area contributed by atoms with Crippen molar-refractivity contribution in [3.05, 3.63) is 29.8 Å². The van der Waals surface area contributed by atoms with Crippen LogP contribution in [0.4, 0.5) is 0 Å². The second-order valence-electron chi connectivity index (χ2n) is 3.86. The Morgan fingerprint density at radius 1 is 1.50 bits per heavy atom. The Morgan fingerprint density at radius 2 is 2.21 bits per heavy atom. The van der Waals surface area contributed by atoms with Crippen LogP contribution < -0.4 is 10.5 Å². The summed E-state index contributed by atoms with van der Waals surface area (Å²) >= 11 is 0. The smallest absolute Gasteiger partial charge is 0.119 e. The molecule has 1 unspecified atom stereocenters. The van der Waals surface area contributed by atoms with Crippen molar-refractivity contribution >= 4 is 0 Å². The lowest BCUT2D eigenvalue weighted by Crippen LogP contribution is -2.27. The maximum atomic E-state index is 9.85. The molecule has 3 nitrogen and oxygen atoms in total. The molecule has 1 atom stereocenters. The average Bonchev–Trinajstić information content (AvgIpc) is 2.97. The Kier molecular flexibility index (Phi) is 2.21. The predicted molar refractivity (Wildman–Crippen MR) is 54.1 cm³/mol. The van der Waals surface area contributed by atoms with Crippen LogP contribution in [0.3, 0.4) is 0 Å². The van der Waals surface area contributed by atoms with E-state index in [0.717, 1.165) is 24.2 Å². The van der Waals surface area contributed by atoms with Gasteiger partial charge in [0, 0.05) is 0 Å². The van der Waals surface area contributed by atoms with Gasteiger partial charge in [-0.05, 0) is 30.5 Å². The van der Waals surface area contributed by atoms with Crippen molar-refractivity contribution < 1.29 is 9.84 Å². The monoisotopic (exact) mass is 193 g/mol. The number of benzene rings is 1. The summed E-state index contributed by atoms with van der Waals surface area (Å²) in [6, 6.07) is 7.26. The summed E-state index contributed by atoms with van der Waals surface area (Å²) in [5.74, 6) is 0.780. The highest BCUT2D eigenvalue weighted by atomic mass is 16.5. The SMILES string of the molecule is COc1cccc(C(N)C2(O)CC2)c1. The first-order valence-corrected chi connectivity index (χ1v) is 4.78. The normalized spacial score (nSPS) is 20.2. The van der Waals surface area contributed by atoms with Crippen molar-refractivity contribution in [3.8, 4) is 5.75 Å². The van der Waals surface area contributed by atoms with Gasteiger partial charge in [0.1, 0.15) is 5.75 Å². The van der Waals surface area contributed by atoms with Gasteiger partial charge in [0.15, 0.2) is 0 Å². The minimum Gasteiger partial charge on any atom is -0.497 e. The van der Waals surface area contributed by atoms with Gasteiger partial charge < -0.3 is 15.6 Å². The maximum absolute atomic E-state index is 9.85. The number of aliphatic hydroxyl groups is 1. The van der Waals surface area contributed by atoms with E-state index < -0.39 is 5.60 Å². The Balaban J connectivity index is 2.23. The van der Waals surface area contributed by atoms with Crippen LogP contribution >= 0.6 is 0 Å². The highest BCUT2D eigenvalue weighted by Crippen LogP contribution is 2.44. The summed E-state index contributed by atoms with van der Waals surface area (Å²) in [6.45, 7) is 0. The van der Waals surface area contributed by atoms with Gasteiger partial charge in [0.05, 0.1) is 18.8 Å². The summed E-state index contributed by atoms with van der Waals surface area (Å²) in [7, 11) is 1.62. The van der Waals surface area contributed by atoms with Crippen molar-refractivity contribution in [1.29, 1.82) is 0 Å². The molecule has 0 heterocycles. The van der Waals surface area contributed by atoms with Crippen LogP contribution in [0, 0.1) is 0 Å². The highest BCUT2D eigenvalue weighted by Gasteiger charge is 2.46. The Morgan fingerprint density at radius 3 is 2.79 bits per heavy atom. The van der Waals surface area contributed by atoms with Crippen molar-refractivity contribution in [3.63, 3.8) is 0 Å². The van der Waals surface area contributed by atoms with Crippen LogP contribution in [-0.4, -0.2) is 17.8 Å². The molecule has 3 N–H and O–H groups in total. The maximum Gasteiger partial charge on any atom is 0.119 e. The van der Waals surface area contributed by atoms with Crippen LogP contribution in [0.2, 0.25) is 0 Å². The third kappa shape index (κ3) is 1.61. The lowest BCUT2D eigenvalue weighted by molar-refractivity contribution is 0.119. The molecule has 0 radical (unpaired) electrons. The van der Waals surface area contributed by atoms with Gasteiger partial charge in [0.25, 0.3) is 0 Å². The molecule has 0 spiro atoms. The molecule has 0 bridgehead atoms. The van der Waals surface area contributed by atoms with E-state index in [9.17, 15) is 5.11 Å². The van der Waals surface area contributed by atoms with Crippen LogP contribution in [0.15, 0.2) is 24.3 Å². The molecular formula is C11H15NO2. The zero-order valence-corrected chi connectivity index (χ0v) is 8.23. The first-order valence-electron chi connectivity index (χ1n) is 4.78. The molecule has 0 amide bonds. The minimum absolute atomic E-state index is 0.294. The van der Waals surface area contributed by atoms with Gasteiger partial charge in [-0.25, -0.2) is 0 Å². The molecular weight excluding hydrogens is 178 g/mol. The number of methoxy groups -OCH3 is 1. The standard InChI is InChI=1S/C11H15NO2/c1-14-9-4-2-3-8(7-9)10(12)11(13)5-6-11/h2-4,7,10,13H,5-6,12H2,1H3. The zero-order chi connectivity index (χ0) is 10.2. The van der Waals surface area contributed by atoms with Crippen molar-refractivity contribution in [2.24, 2.45) is 5.73 Å². The van der Waals surface area contributed by atoms with Gasteiger partial charge in [-0.15, -0.1) is 0 Å². The molecule has 1 saturated carbocycles. The lowest BCUT2D eigenvalue weighted by atomic mass is 10.0. The van der Waals surface area contributed by atoms with Crippen molar-refractivity contribution in [1.82, 2.24) is 0 Å². The Labute approximate surface area is 83.5 Å². The number of nitrogens with two attached hydrogens (primary N) is 1. The van der Waals surface area contributed by atoms with Crippen molar-refractivity contribution in [2.75, 3.05) is 7.11 Å². The number of ether oxygens (including phenoxy) is 1. The van der Waals surface area contributed by atoms with Gasteiger partial charge in [-0.2, -0.15) is 0 Å². The quantitative estimate of drug-likeness (QED) is 0.759. The van der Waals surface area contributed by atoms with Crippen LogP contribution in [0.5, 0.6) is 5.75 Å². The molecule has 2 rings (SSSR count). The van der Waals surface area contributed by atoms with E-state index >= 15 is 0 Å². The molecule has 76 valence electrons. The second kappa shape index (κ2) is 3.26. The van der Waals surface area contributed by atoms with Gasteiger partial charge >= 0.3 is 0 Å². The molecule has 0 saturated heterocycles. The number of hydrogen-bond donors (Lipinski definition) is 2. The molecule has 0 aliphatic heterocycles. The average molecular weight is 193 g/mol. The second-order valence-corrected chi connectivity index (χ2v) is 3.86. The van der Waals surface area contributed by atoms with E-state index in [1.807, 2.05) is 24.3 Å². The van der Waals surface area contributed by atoms with Crippen LogP contribution in [0.25, 0.3) is 0 Å². The largest absolute Gasteiger partial charge is 0.497 e. The van der Waals surface area contributed by atoms with Gasteiger partial charge in [-0.3, -0.25) is 0 Å². The molecule has 1 aliphatic rings. The Bertz CT molecular complexity index is 334. The molecule has 0 aromatic heterocycles. The topological polar surface area (TPSA) is 55.5 Å². The fraction of sp³-hybridized carbons (Fsp3) is 0.455. The Hall–Kier alpha value is -1.06.